The first-order valence-corrected chi connectivity index (χ1v) is 16.0. The molecule has 0 spiro atoms. The molecule has 1 aliphatic rings. The number of benzene rings is 1. The summed E-state index contributed by atoms with van der Waals surface area (Å²) in [5, 5.41) is 5.62. The summed E-state index contributed by atoms with van der Waals surface area (Å²) in [7, 11) is -0.827. The summed E-state index contributed by atoms with van der Waals surface area (Å²) in [6, 6.07) is 3.98. The van der Waals surface area contributed by atoms with Gasteiger partial charge in [0, 0.05) is 7.11 Å². The molecule has 0 N–H and O–H groups in total. The third kappa shape index (κ3) is 5.67. The van der Waals surface area contributed by atoms with Gasteiger partial charge >= 0.3 is 7.12 Å². The quantitative estimate of drug-likeness (QED) is 0.286. The Kier molecular flexibility index (Phi) is 7.81. The first kappa shape index (κ1) is 28.7. The molecular weight excluding hydrogens is 499 g/mol. The van der Waals surface area contributed by atoms with E-state index in [1.54, 1.807) is 30.4 Å². The standard InChI is InChI=1S/C27H41BN4O5Si/c1-25(2,3)38(9,10)35-18-20-15-29-17-24(31-20)32-22-13-19(28-36-26(4,5)27(6,7)37-28)14-23(21(22)16-30-32)34-12-11-33-8/h13-17H,11-12,18H2,1-10H3. The van der Waals surface area contributed by atoms with Crippen LogP contribution in [0.3, 0.4) is 0 Å². The minimum Gasteiger partial charge on any atom is -0.490 e. The topological polar surface area (TPSA) is 89.8 Å². The molecule has 3 heterocycles. The van der Waals surface area contributed by atoms with Crippen molar-refractivity contribution in [1.29, 1.82) is 0 Å². The molecule has 9 nitrogen and oxygen atoms in total. The van der Waals surface area contributed by atoms with E-state index in [1.807, 2.05) is 39.8 Å². The van der Waals surface area contributed by atoms with Gasteiger partial charge < -0.3 is 23.2 Å². The van der Waals surface area contributed by atoms with Crippen LogP contribution < -0.4 is 10.2 Å². The monoisotopic (exact) mass is 540 g/mol. The van der Waals surface area contributed by atoms with Gasteiger partial charge in [0.2, 0.25) is 0 Å². The average molecular weight is 541 g/mol. The summed E-state index contributed by atoms with van der Waals surface area (Å²) >= 11 is 0. The average Bonchev–Trinajstić information content (AvgIpc) is 3.35. The number of rotatable bonds is 9. The maximum absolute atomic E-state index is 6.38. The van der Waals surface area contributed by atoms with Crippen LogP contribution in [0.2, 0.25) is 18.1 Å². The van der Waals surface area contributed by atoms with E-state index in [0.29, 0.717) is 31.4 Å². The normalized spacial score (nSPS) is 17.4. The number of ether oxygens (including phenoxy) is 2. The summed E-state index contributed by atoms with van der Waals surface area (Å²) in [5.74, 6) is 1.28. The highest BCUT2D eigenvalue weighted by molar-refractivity contribution is 6.74. The van der Waals surface area contributed by atoms with E-state index >= 15 is 0 Å². The van der Waals surface area contributed by atoms with Crippen LogP contribution in [-0.4, -0.2) is 66.7 Å². The third-order valence-corrected chi connectivity index (χ3v) is 12.5. The predicted molar refractivity (Wildman–Crippen MR) is 152 cm³/mol. The fourth-order valence-corrected chi connectivity index (χ4v) is 4.75. The van der Waals surface area contributed by atoms with Crippen molar-refractivity contribution >= 4 is 31.8 Å². The molecule has 0 aliphatic carbocycles. The Morgan fingerprint density at radius 2 is 1.68 bits per heavy atom. The van der Waals surface area contributed by atoms with Gasteiger partial charge in [-0.05, 0) is 63.4 Å². The highest BCUT2D eigenvalue weighted by Gasteiger charge is 2.52. The van der Waals surface area contributed by atoms with Gasteiger partial charge in [0.15, 0.2) is 14.1 Å². The van der Waals surface area contributed by atoms with Crippen LogP contribution in [0.5, 0.6) is 5.75 Å². The lowest BCUT2D eigenvalue weighted by Gasteiger charge is -2.36. The molecule has 2 aromatic heterocycles. The van der Waals surface area contributed by atoms with E-state index < -0.39 is 26.6 Å². The molecule has 1 aliphatic heterocycles. The number of methoxy groups -OCH3 is 1. The van der Waals surface area contributed by atoms with Crippen molar-refractivity contribution in [1.82, 2.24) is 19.7 Å². The maximum Gasteiger partial charge on any atom is 0.495 e. The summed E-state index contributed by atoms with van der Waals surface area (Å²) in [5.41, 5.74) is 1.49. The molecular formula is C27H41BN4O5Si. The molecule has 0 radical (unpaired) electrons. The summed E-state index contributed by atoms with van der Waals surface area (Å²) < 4.78 is 32.1. The summed E-state index contributed by atoms with van der Waals surface area (Å²) in [6.45, 7) is 20.6. The number of hydrogen-bond donors (Lipinski definition) is 0. The van der Waals surface area contributed by atoms with Crippen LogP contribution in [0.4, 0.5) is 0 Å². The highest BCUT2D eigenvalue weighted by atomic mass is 28.4. The SMILES string of the molecule is COCCOc1cc(B2OC(C)(C)C(C)(C)O2)cc2c1cnn2-c1cncc(CO[Si](C)(C)C(C)(C)C)n1. The predicted octanol–water partition coefficient (Wildman–Crippen LogP) is 4.66. The van der Waals surface area contributed by atoms with Crippen LogP contribution in [0.15, 0.2) is 30.7 Å². The van der Waals surface area contributed by atoms with Gasteiger partial charge in [-0.2, -0.15) is 5.10 Å². The Morgan fingerprint density at radius 1 is 1.00 bits per heavy atom. The summed E-state index contributed by atoms with van der Waals surface area (Å²) in [4.78, 5) is 9.29. The molecule has 11 heteroatoms. The number of fused-ring (bicyclic) bond motifs is 1. The van der Waals surface area contributed by atoms with Crippen molar-refractivity contribution < 1.29 is 23.2 Å². The molecule has 0 amide bonds. The van der Waals surface area contributed by atoms with Gasteiger partial charge in [0.05, 0.1) is 59.6 Å². The highest BCUT2D eigenvalue weighted by Crippen LogP contribution is 2.38. The van der Waals surface area contributed by atoms with E-state index in [1.165, 1.54) is 0 Å². The van der Waals surface area contributed by atoms with Crippen LogP contribution in [0.1, 0.15) is 54.2 Å². The molecule has 1 fully saturated rings. The van der Waals surface area contributed by atoms with Gasteiger partial charge in [-0.1, -0.05) is 20.8 Å². The second kappa shape index (κ2) is 10.3. The van der Waals surface area contributed by atoms with E-state index in [2.05, 4.69) is 43.9 Å². The molecule has 1 aromatic carbocycles. The largest absolute Gasteiger partial charge is 0.495 e. The Hall–Kier alpha value is -2.31. The Morgan fingerprint density at radius 3 is 2.32 bits per heavy atom. The molecule has 4 rings (SSSR count). The van der Waals surface area contributed by atoms with Crippen LogP contribution >= 0.6 is 0 Å². The van der Waals surface area contributed by atoms with Crippen molar-refractivity contribution in [2.24, 2.45) is 0 Å². The number of nitrogens with zero attached hydrogens (tertiary/aromatic N) is 4. The molecule has 0 atom stereocenters. The molecule has 3 aromatic rings. The molecule has 38 heavy (non-hydrogen) atoms. The zero-order valence-electron chi connectivity index (χ0n) is 24.4. The van der Waals surface area contributed by atoms with E-state index in [-0.39, 0.29) is 5.04 Å². The first-order chi connectivity index (χ1) is 17.6. The second-order valence-corrected chi connectivity index (χ2v) is 17.2. The number of aromatic nitrogens is 4. The minimum atomic E-state index is -1.93. The number of hydrogen-bond acceptors (Lipinski definition) is 8. The zero-order chi connectivity index (χ0) is 27.9. The van der Waals surface area contributed by atoms with Crippen LogP contribution in [-0.2, 0) is 25.1 Å². The Labute approximate surface area is 227 Å². The van der Waals surface area contributed by atoms with Gasteiger partial charge in [-0.15, -0.1) is 0 Å². The molecule has 1 saturated heterocycles. The van der Waals surface area contributed by atoms with Gasteiger partial charge in [-0.25, -0.2) is 9.67 Å². The fourth-order valence-electron chi connectivity index (χ4n) is 3.80. The van der Waals surface area contributed by atoms with Crippen LogP contribution in [0, 0.1) is 0 Å². The fraction of sp³-hybridized carbons (Fsp3) is 0.593. The third-order valence-electron chi connectivity index (χ3n) is 8.02. The van der Waals surface area contributed by atoms with Gasteiger partial charge in [-0.3, -0.25) is 4.98 Å². The zero-order valence-corrected chi connectivity index (χ0v) is 25.4. The molecule has 0 bridgehead atoms. The minimum absolute atomic E-state index is 0.110. The Balaban J connectivity index is 1.71. The van der Waals surface area contributed by atoms with E-state index in [4.69, 9.17) is 28.2 Å². The van der Waals surface area contributed by atoms with Gasteiger partial charge in [0.25, 0.3) is 0 Å². The van der Waals surface area contributed by atoms with Crippen molar-refractivity contribution in [3.05, 3.63) is 36.4 Å². The lowest BCUT2D eigenvalue weighted by atomic mass is 9.78. The first-order valence-electron chi connectivity index (χ1n) is 13.1. The second-order valence-electron chi connectivity index (χ2n) is 12.4. The van der Waals surface area contributed by atoms with Crippen molar-refractivity contribution in [3.8, 4) is 11.6 Å². The van der Waals surface area contributed by atoms with Crippen molar-refractivity contribution in [2.45, 2.75) is 84.4 Å². The Bertz CT molecular complexity index is 1270. The van der Waals surface area contributed by atoms with Crippen LogP contribution in [0.25, 0.3) is 16.7 Å². The van der Waals surface area contributed by atoms with Crippen molar-refractivity contribution in [2.75, 3.05) is 20.3 Å². The lowest BCUT2D eigenvalue weighted by molar-refractivity contribution is 0.00578. The summed E-state index contributed by atoms with van der Waals surface area (Å²) in [6.07, 6.45) is 5.23. The van der Waals surface area contributed by atoms with E-state index in [0.717, 1.165) is 22.1 Å². The maximum atomic E-state index is 6.38. The van der Waals surface area contributed by atoms with Gasteiger partial charge in [0.1, 0.15) is 12.4 Å². The molecule has 206 valence electrons. The molecule has 0 unspecified atom stereocenters. The van der Waals surface area contributed by atoms with Crippen molar-refractivity contribution in [3.63, 3.8) is 0 Å². The smallest absolute Gasteiger partial charge is 0.490 e. The van der Waals surface area contributed by atoms with E-state index in [9.17, 15) is 0 Å². The molecule has 0 saturated carbocycles. The lowest BCUT2D eigenvalue weighted by Crippen LogP contribution is -2.41.